The predicted molar refractivity (Wildman–Crippen MR) is 66.2 cm³/mol. The smallest absolute Gasteiger partial charge is 0.306 e. The number of hydrogen-bond acceptors (Lipinski definition) is 4. The van der Waals surface area contributed by atoms with E-state index < -0.39 is 5.97 Å². The third-order valence-electron chi connectivity index (χ3n) is 3.24. The van der Waals surface area contributed by atoms with Crippen molar-refractivity contribution in [2.45, 2.75) is 25.5 Å². The topological polar surface area (TPSA) is 62.7 Å². The number of carboxylic acids is 1. The molecule has 0 aromatic carbocycles. The molecule has 0 saturated carbocycles. The largest absolute Gasteiger partial charge is 0.481 e. The number of carboxylic acid groups (broad SMARTS) is 1. The van der Waals surface area contributed by atoms with Gasteiger partial charge in [0, 0.05) is 25.3 Å². The van der Waals surface area contributed by atoms with Gasteiger partial charge in [-0.25, -0.2) is 0 Å². The van der Waals surface area contributed by atoms with Crippen molar-refractivity contribution in [3.8, 4) is 0 Å². The molecule has 1 aromatic heterocycles. The minimum absolute atomic E-state index is 0.0610. The van der Waals surface area contributed by atoms with Gasteiger partial charge < -0.3 is 9.84 Å². The highest BCUT2D eigenvalue weighted by atomic mass is 16.5. The van der Waals surface area contributed by atoms with Gasteiger partial charge in [-0.05, 0) is 19.1 Å². The van der Waals surface area contributed by atoms with Crippen molar-refractivity contribution in [2.24, 2.45) is 0 Å². The summed E-state index contributed by atoms with van der Waals surface area (Å²) in [6.07, 6.45) is 1.62. The molecule has 1 aromatic rings. The van der Waals surface area contributed by atoms with E-state index in [1.807, 2.05) is 18.2 Å². The fourth-order valence-corrected chi connectivity index (χ4v) is 2.22. The summed E-state index contributed by atoms with van der Waals surface area (Å²) in [7, 11) is 0. The maximum atomic E-state index is 10.7. The van der Waals surface area contributed by atoms with Crippen molar-refractivity contribution < 1.29 is 14.6 Å². The second kappa shape index (κ2) is 5.93. The van der Waals surface area contributed by atoms with E-state index >= 15 is 0 Å². The van der Waals surface area contributed by atoms with E-state index in [9.17, 15) is 4.79 Å². The monoisotopic (exact) mass is 250 g/mol. The molecule has 0 amide bonds. The van der Waals surface area contributed by atoms with Gasteiger partial charge in [0.05, 0.1) is 24.8 Å². The third kappa shape index (κ3) is 3.27. The zero-order valence-electron chi connectivity index (χ0n) is 10.5. The van der Waals surface area contributed by atoms with Gasteiger partial charge in [0.2, 0.25) is 0 Å². The van der Waals surface area contributed by atoms with Gasteiger partial charge in [-0.2, -0.15) is 0 Å². The Morgan fingerprint density at radius 2 is 2.50 bits per heavy atom. The van der Waals surface area contributed by atoms with Gasteiger partial charge in [-0.15, -0.1) is 0 Å². The van der Waals surface area contributed by atoms with Crippen LogP contribution in [0.1, 0.15) is 25.1 Å². The van der Waals surface area contributed by atoms with Crippen molar-refractivity contribution in [1.29, 1.82) is 0 Å². The molecule has 1 saturated heterocycles. The van der Waals surface area contributed by atoms with E-state index in [0.717, 1.165) is 12.2 Å². The number of rotatable bonds is 4. The standard InChI is InChI=1S/C13H18N2O3/c1-10(12-4-2-3-5-14-12)15-6-7-18-11(9-15)8-13(16)17/h2-5,10-11H,6-9H2,1H3,(H,16,17). The number of morpholine rings is 1. The van der Waals surface area contributed by atoms with Crippen LogP contribution in [-0.2, 0) is 9.53 Å². The molecule has 2 unspecified atom stereocenters. The lowest BCUT2D eigenvalue weighted by atomic mass is 10.1. The Morgan fingerprint density at radius 3 is 3.17 bits per heavy atom. The quantitative estimate of drug-likeness (QED) is 0.873. The number of pyridine rings is 1. The van der Waals surface area contributed by atoms with E-state index in [1.54, 1.807) is 6.20 Å². The zero-order valence-corrected chi connectivity index (χ0v) is 10.5. The zero-order chi connectivity index (χ0) is 13.0. The Bertz CT molecular complexity index is 396. The number of carbonyl (C=O) groups is 1. The van der Waals surface area contributed by atoms with E-state index in [4.69, 9.17) is 9.84 Å². The molecule has 2 atom stereocenters. The van der Waals surface area contributed by atoms with Crippen molar-refractivity contribution >= 4 is 5.97 Å². The van der Waals surface area contributed by atoms with Gasteiger partial charge in [0.15, 0.2) is 0 Å². The van der Waals surface area contributed by atoms with E-state index in [0.29, 0.717) is 13.2 Å². The molecule has 1 aliphatic rings. The average Bonchev–Trinajstić information content (AvgIpc) is 2.38. The van der Waals surface area contributed by atoms with Crippen LogP contribution < -0.4 is 0 Å². The Labute approximate surface area is 106 Å². The summed E-state index contributed by atoms with van der Waals surface area (Å²) in [5, 5.41) is 8.80. The molecule has 5 heteroatoms. The normalized spacial score (nSPS) is 22.6. The van der Waals surface area contributed by atoms with Crippen LogP contribution in [0.4, 0.5) is 0 Å². The molecular formula is C13H18N2O3. The Kier molecular flexibility index (Phi) is 4.28. The summed E-state index contributed by atoms with van der Waals surface area (Å²) in [6.45, 7) is 4.12. The first kappa shape index (κ1) is 13.0. The fraction of sp³-hybridized carbons (Fsp3) is 0.538. The molecular weight excluding hydrogens is 232 g/mol. The van der Waals surface area contributed by atoms with Gasteiger partial charge >= 0.3 is 5.97 Å². The average molecular weight is 250 g/mol. The van der Waals surface area contributed by atoms with Gasteiger partial charge in [0.1, 0.15) is 0 Å². The molecule has 98 valence electrons. The molecule has 0 aliphatic carbocycles. The highest BCUT2D eigenvalue weighted by molar-refractivity contribution is 5.67. The molecule has 2 heterocycles. The van der Waals surface area contributed by atoms with E-state index in [1.165, 1.54) is 0 Å². The van der Waals surface area contributed by atoms with Crippen LogP contribution >= 0.6 is 0 Å². The number of hydrogen-bond donors (Lipinski definition) is 1. The summed E-state index contributed by atoms with van der Waals surface area (Å²) >= 11 is 0. The molecule has 5 nitrogen and oxygen atoms in total. The van der Waals surface area contributed by atoms with E-state index in [-0.39, 0.29) is 18.6 Å². The van der Waals surface area contributed by atoms with Gasteiger partial charge in [-0.3, -0.25) is 14.7 Å². The molecule has 0 bridgehead atoms. The second-order valence-electron chi connectivity index (χ2n) is 4.52. The molecule has 0 radical (unpaired) electrons. The van der Waals surface area contributed by atoms with Crippen molar-refractivity contribution in [2.75, 3.05) is 19.7 Å². The summed E-state index contributed by atoms with van der Waals surface area (Å²) in [4.78, 5) is 17.3. The lowest BCUT2D eigenvalue weighted by molar-refractivity contribution is -0.142. The second-order valence-corrected chi connectivity index (χ2v) is 4.52. The van der Waals surface area contributed by atoms with E-state index in [2.05, 4.69) is 16.8 Å². The Hall–Kier alpha value is -1.46. The van der Waals surface area contributed by atoms with Crippen LogP contribution in [0, 0.1) is 0 Å². The van der Waals surface area contributed by atoms with Crippen LogP contribution in [0.5, 0.6) is 0 Å². The van der Waals surface area contributed by atoms with Gasteiger partial charge in [0.25, 0.3) is 0 Å². The minimum Gasteiger partial charge on any atom is -0.481 e. The summed E-state index contributed by atoms with van der Waals surface area (Å²) < 4.78 is 5.46. The lowest BCUT2D eigenvalue weighted by Crippen LogP contribution is -2.44. The Balaban J connectivity index is 1.98. The van der Waals surface area contributed by atoms with Crippen molar-refractivity contribution in [1.82, 2.24) is 9.88 Å². The van der Waals surface area contributed by atoms with Crippen LogP contribution in [0.25, 0.3) is 0 Å². The first-order valence-corrected chi connectivity index (χ1v) is 6.15. The molecule has 1 fully saturated rings. The lowest BCUT2D eigenvalue weighted by Gasteiger charge is -2.36. The number of aliphatic carboxylic acids is 1. The molecule has 2 rings (SSSR count). The molecule has 18 heavy (non-hydrogen) atoms. The van der Waals surface area contributed by atoms with Crippen molar-refractivity contribution in [3.05, 3.63) is 30.1 Å². The first-order valence-electron chi connectivity index (χ1n) is 6.15. The molecule has 0 spiro atoms. The highest BCUT2D eigenvalue weighted by Gasteiger charge is 2.26. The highest BCUT2D eigenvalue weighted by Crippen LogP contribution is 2.21. The predicted octanol–water partition coefficient (Wildman–Crippen LogP) is 1.32. The molecule has 1 N–H and O–H groups in total. The number of ether oxygens (including phenoxy) is 1. The third-order valence-corrected chi connectivity index (χ3v) is 3.24. The Morgan fingerprint density at radius 1 is 1.67 bits per heavy atom. The number of nitrogens with zero attached hydrogens (tertiary/aromatic N) is 2. The molecule has 1 aliphatic heterocycles. The summed E-state index contributed by atoms with van der Waals surface area (Å²) in [6, 6.07) is 6.04. The summed E-state index contributed by atoms with van der Waals surface area (Å²) in [5.74, 6) is -0.813. The van der Waals surface area contributed by atoms with Crippen molar-refractivity contribution in [3.63, 3.8) is 0 Å². The first-order chi connectivity index (χ1) is 8.66. The van der Waals surface area contributed by atoms with Crippen LogP contribution in [-0.4, -0.2) is 46.8 Å². The maximum absolute atomic E-state index is 10.7. The minimum atomic E-state index is -0.813. The maximum Gasteiger partial charge on any atom is 0.306 e. The van der Waals surface area contributed by atoms with Crippen LogP contribution in [0.2, 0.25) is 0 Å². The summed E-state index contributed by atoms with van der Waals surface area (Å²) in [5.41, 5.74) is 1.01. The van der Waals surface area contributed by atoms with Crippen LogP contribution in [0.3, 0.4) is 0 Å². The fourth-order valence-electron chi connectivity index (χ4n) is 2.22. The van der Waals surface area contributed by atoms with Crippen LogP contribution in [0.15, 0.2) is 24.4 Å². The number of aromatic nitrogens is 1. The SMILES string of the molecule is CC(c1ccccn1)N1CCOC(CC(=O)O)C1. The van der Waals surface area contributed by atoms with Gasteiger partial charge in [-0.1, -0.05) is 6.07 Å².